The van der Waals surface area contributed by atoms with Crippen LogP contribution in [0.5, 0.6) is 5.75 Å². The molecule has 0 atom stereocenters. The number of esters is 1. The number of nitrogens with zero attached hydrogens (tertiary/aromatic N) is 2. The van der Waals surface area contributed by atoms with Crippen molar-refractivity contribution in [2.45, 2.75) is 0 Å². The number of ether oxygens (including phenoxy) is 2. The van der Waals surface area contributed by atoms with Crippen LogP contribution in [0.4, 0.5) is 0 Å². The van der Waals surface area contributed by atoms with E-state index in [1.165, 1.54) is 19.4 Å². The molecule has 2 rings (SSSR count). The molecule has 0 unspecified atom stereocenters. The Morgan fingerprint density at radius 1 is 1.11 bits per heavy atom. The minimum Gasteiger partial charge on any atom is -0.497 e. The van der Waals surface area contributed by atoms with Crippen molar-refractivity contribution in [3.63, 3.8) is 0 Å². The summed E-state index contributed by atoms with van der Waals surface area (Å²) in [5.41, 5.74) is 1.04. The highest BCUT2D eigenvalue weighted by atomic mass is 16.5. The normalized spacial score (nSPS) is 9.89. The van der Waals surface area contributed by atoms with E-state index in [4.69, 9.17) is 4.74 Å². The summed E-state index contributed by atoms with van der Waals surface area (Å²) < 4.78 is 9.68. The molecule has 0 fully saturated rings. The van der Waals surface area contributed by atoms with Crippen LogP contribution in [0.25, 0.3) is 11.4 Å². The van der Waals surface area contributed by atoms with Crippen LogP contribution in [-0.4, -0.2) is 30.2 Å². The Kier molecular flexibility index (Phi) is 3.52. The largest absolute Gasteiger partial charge is 0.497 e. The van der Waals surface area contributed by atoms with Gasteiger partial charge in [0.15, 0.2) is 11.5 Å². The molecule has 0 saturated carbocycles. The topological polar surface area (TPSA) is 61.3 Å². The molecule has 92 valence electrons. The maximum atomic E-state index is 11.4. The van der Waals surface area contributed by atoms with Crippen LogP contribution in [0.15, 0.2) is 36.5 Å². The third-order valence-corrected chi connectivity index (χ3v) is 2.40. The highest BCUT2D eigenvalue weighted by Gasteiger charge is 2.09. The molecule has 0 radical (unpaired) electrons. The van der Waals surface area contributed by atoms with Gasteiger partial charge in [-0.1, -0.05) is 0 Å². The van der Waals surface area contributed by atoms with Crippen molar-refractivity contribution in [3.8, 4) is 17.1 Å². The molecule has 0 bridgehead atoms. The molecule has 0 amide bonds. The van der Waals surface area contributed by atoms with Gasteiger partial charge < -0.3 is 9.47 Å². The number of benzene rings is 1. The van der Waals surface area contributed by atoms with E-state index in [0.29, 0.717) is 5.82 Å². The quantitative estimate of drug-likeness (QED) is 0.772. The smallest absolute Gasteiger partial charge is 0.356 e. The Morgan fingerprint density at radius 3 is 2.44 bits per heavy atom. The number of methoxy groups -OCH3 is 2. The first-order chi connectivity index (χ1) is 8.74. The fraction of sp³-hybridized carbons (Fsp3) is 0.154. The molecule has 5 nitrogen and oxygen atoms in total. The summed E-state index contributed by atoms with van der Waals surface area (Å²) in [5.74, 6) is 0.746. The highest BCUT2D eigenvalue weighted by Crippen LogP contribution is 2.19. The van der Waals surface area contributed by atoms with Crippen molar-refractivity contribution in [1.82, 2.24) is 9.97 Å². The van der Waals surface area contributed by atoms with Crippen molar-refractivity contribution in [2.75, 3.05) is 14.2 Å². The predicted octanol–water partition coefficient (Wildman–Crippen LogP) is 1.94. The number of carbonyl (C=O) groups excluding carboxylic acids is 1. The van der Waals surface area contributed by atoms with Crippen LogP contribution in [0, 0.1) is 0 Å². The number of aromatic nitrogens is 2. The third kappa shape index (κ3) is 2.45. The van der Waals surface area contributed by atoms with E-state index in [9.17, 15) is 4.79 Å². The number of hydrogen-bond acceptors (Lipinski definition) is 5. The van der Waals surface area contributed by atoms with E-state index in [-0.39, 0.29) is 5.69 Å². The first-order valence-electron chi connectivity index (χ1n) is 5.30. The standard InChI is InChI=1S/C13H12N2O3/c1-17-10-5-3-9(4-6-10)12-14-8-7-11(15-12)13(16)18-2/h3-8H,1-2H3. The fourth-order valence-electron chi connectivity index (χ4n) is 1.46. The molecule has 0 saturated heterocycles. The van der Waals surface area contributed by atoms with Gasteiger partial charge >= 0.3 is 5.97 Å². The summed E-state index contributed by atoms with van der Waals surface area (Å²) >= 11 is 0. The molecule has 1 heterocycles. The van der Waals surface area contributed by atoms with Gasteiger partial charge in [-0.2, -0.15) is 0 Å². The van der Waals surface area contributed by atoms with Gasteiger partial charge in [0.2, 0.25) is 0 Å². The zero-order valence-corrected chi connectivity index (χ0v) is 10.1. The molecule has 2 aromatic rings. The third-order valence-electron chi connectivity index (χ3n) is 2.40. The zero-order chi connectivity index (χ0) is 13.0. The van der Waals surface area contributed by atoms with Crippen molar-refractivity contribution < 1.29 is 14.3 Å². The minimum absolute atomic E-state index is 0.235. The molecule has 1 aromatic carbocycles. The van der Waals surface area contributed by atoms with Gasteiger partial charge in [-0.05, 0) is 30.3 Å². The van der Waals surface area contributed by atoms with Gasteiger partial charge in [-0.15, -0.1) is 0 Å². The maximum absolute atomic E-state index is 11.4. The molecule has 0 N–H and O–H groups in total. The summed E-state index contributed by atoms with van der Waals surface area (Å²) in [6, 6.07) is 8.79. The zero-order valence-electron chi connectivity index (χ0n) is 10.1. The Hall–Kier alpha value is -2.43. The lowest BCUT2D eigenvalue weighted by molar-refractivity contribution is 0.0594. The second-order valence-electron chi connectivity index (χ2n) is 3.49. The lowest BCUT2D eigenvalue weighted by Crippen LogP contribution is -2.05. The van der Waals surface area contributed by atoms with Gasteiger partial charge in [-0.3, -0.25) is 0 Å². The molecule has 18 heavy (non-hydrogen) atoms. The van der Waals surface area contributed by atoms with Crippen LogP contribution < -0.4 is 4.74 Å². The molecular formula is C13H12N2O3. The fourth-order valence-corrected chi connectivity index (χ4v) is 1.46. The number of hydrogen-bond donors (Lipinski definition) is 0. The van der Waals surface area contributed by atoms with E-state index >= 15 is 0 Å². The summed E-state index contributed by atoms with van der Waals surface area (Å²) in [7, 11) is 2.92. The van der Waals surface area contributed by atoms with Crippen LogP contribution in [0.3, 0.4) is 0 Å². The molecule has 5 heteroatoms. The first-order valence-corrected chi connectivity index (χ1v) is 5.30. The van der Waals surface area contributed by atoms with Gasteiger partial charge in [0.25, 0.3) is 0 Å². The first kappa shape index (κ1) is 12.0. The van der Waals surface area contributed by atoms with Crippen LogP contribution in [0.1, 0.15) is 10.5 Å². The highest BCUT2D eigenvalue weighted by molar-refractivity contribution is 5.87. The van der Waals surface area contributed by atoms with Crippen molar-refractivity contribution in [1.29, 1.82) is 0 Å². The van der Waals surface area contributed by atoms with Crippen molar-refractivity contribution in [3.05, 3.63) is 42.2 Å². The van der Waals surface area contributed by atoms with E-state index in [1.54, 1.807) is 7.11 Å². The molecule has 0 aliphatic carbocycles. The van der Waals surface area contributed by atoms with E-state index < -0.39 is 5.97 Å². The van der Waals surface area contributed by atoms with E-state index in [1.807, 2.05) is 24.3 Å². The average molecular weight is 244 g/mol. The Balaban J connectivity index is 2.35. The molecule has 1 aromatic heterocycles. The maximum Gasteiger partial charge on any atom is 0.356 e. The van der Waals surface area contributed by atoms with Crippen LogP contribution >= 0.6 is 0 Å². The summed E-state index contributed by atoms with van der Waals surface area (Å²) in [5, 5.41) is 0. The predicted molar refractivity (Wildman–Crippen MR) is 65.4 cm³/mol. The molecule has 0 spiro atoms. The van der Waals surface area contributed by atoms with Crippen LogP contribution in [-0.2, 0) is 4.74 Å². The SMILES string of the molecule is COC(=O)c1ccnc(-c2ccc(OC)cc2)n1. The second-order valence-corrected chi connectivity index (χ2v) is 3.49. The lowest BCUT2D eigenvalue weighted by Gasteiger charge is -2.03. The second kappa shape index (κ2) is 5.27. The van der Waals surface area contributed by atoms with Crippen LogP contribution in [0.2, 0.25) is 0 Å². The van der Waals surface area contributed by atoms with Gasteiger partial charge in [0, 0.05) is 11.8 Å². The van der Waals surface area contributed by atoms with Crippen molar-refractivity contribution >= 4 is 5.97 Å². The number of rotatable bonds is 3. The summed E-state index contributed by atoms with van der Waals surface area (Å²) in [4.78, 5) is 19.6. The molecular weight excluding hydrogens is 232 g/mol. The monoisotopic (exact) mass is 244 g/mol. The average Bonchev–Trinajstić information content (AvgIpc) is 2.46. The molecule has 0 aliphatic heterocycles. The van der Waals surface area contributed by atoms with Gasteiger partial charge in [-0.25, -0.2) is 14.8 Å². The van der Waals surface area contributed by atoms with Crippen molar-refractivity contribution in [2.24, 2.45) is 0 Å². The summed E-state index contributed by atoms with van der Waals surface area (Å²) in [6.07, 6.45) is 1.53. The Morgan fingerprint density at radius 2 is 1.83 bits per heavy atom. The van der Waals surface area contributed by atoms with E-state index in [0.717, 1.165) is 11.3 Å². The summed E-state index contributed by atoms with van der Waals surface area (Å²) in [6.45, 7) is 0. The van der Waals surface area contributed by atoms with E-state index in [2.05, 4.69) is 14.7 Å². The lowest BCUT2D eigenvalue weighted by atomic mass is 10.2. The van der Waals surface area contributed by atoms with Gasteiger partial charge in [0.05, 0.1) is 14.2 Å². The number of carbonyl (C=O) groups is 1. The Bertz CT molecular complexity index is 552. The molecule has 0 aliphatic rings. The minimum atomic E-state index is -0.479. The Labute approximate surface area is 104 Å². The van der Waals surface area contributed by atoms with Gasteiger partial charge in [0.1, 0.15) is 5.75 Å².